The van der Waals surface area contributed by atoms with E-state index < -0.39 is 0 Å². The molecule has 0 radical (unpaired) electrons. The van der Waals surface area contributed by atoms with Gasteiger partial charge in [0.1, 0.15) is 5.82 Å². The molecule has 0 bridgehead atoms. The molecule has 3 nitrogen and oxygen atoms in total. The molecule has 0 aliphatic heterocycles. The summed E-state index contributed by atoms with van der Waals surface area (Å²) in [6.45, 7) is 2.57. The Hall–Kier alpha value is -1.88. The van der Waals surface area contributed by atoms with Gasteiger partial charge in [-0.05, 0) is 48.1 Å². The normalized spacial score (nSPS) is 10.5. The van der Waals surface area contributed by atoms with Gasteiger partial charge in [-0.2, -0.15) is 11.8 Å². The van der Waals surface area contributed by atoms with Gasteiger partial charge in [-0.25, -0.2) is 4.39 Å². The first-order valence-corrected chi connectivity index (χ1v) is 8.88. The smallest absolute Gasteiger partial charge is 0.237 e. The summed E-state index contributed by atoms with van der Waals surface area (Å²) >= 11 is 1.64. The van der Waals surface area contributed by atoms with Crippen LogP contribution in [0.15, 0.2) is 48.8 Å². The standard InChI is InChI=1S/C18H21FN2OS/c1-2-3-11-23-14-18(22)21(13-15-5-4-10-20-12-15)17-8-6-16(19)7-9-17/h4-10,12H,2-3,11,13-14H2,1H3. The maximum absolute atomic E-state index is 13.1. The Labute approximate surface area is 140 Å². The van der Waals surface area contributed by atoms with Crippen LogP contribution in [0.4, 0.5) is 10.1 Å². The zero-order valence-electron chi connectivity index (χ0n) is 13.2. The molecule has 0 aliphatic rings. The first-order chi connectivity index (χ1) is 11.2. The fourth-order valence-corrected chi connectivity index (χ4v) is 3.07. The van der Waals surface area contributed by atoms with Crippen LogP contribution < -0.4 is 4.90 Å². The highest BCUT2D eigenvalue weighted by atomic mass is 32.2. The van der Waals surface area contributed by atoms with Crippen LogP contribution in [0, 0.1) is 5.82 Å². The average Bonchev–Trinajstić information content (AvgIpc) is 2.58. The van der Waals surface area contributed by atoms with Crippen molar-refractivity contribution in [3.05, 3.63) is 60.2 Å². The molecule has 0 unspecified atom stereocenters. The molecule has 122 valence electrons. The molecule has 0 saturated heterocycles. The Balaban J connectivity index is 2.10. The van der Waals surface area contributed by atoms with Gasteiger partial charge in [-0.3, -0.25) is 9.78 Å². The van der Waals surface area contributed by atoms with Gasteiger partial charge in [0.25, 0.3) is 0 Å². The van der Waals surface area contributed by atoms with Crippen molar-refractivity contribution in [3.8, 4) is 0 Å². The van der Waals surface area contributed by atoms with Crippen molar-refractivity contribution >= 4 is 23.4 Å². The minimum Gasteiger partial charge on any atom is -0.307 e. The summed E-state index contributed by atoms with van der Waals surface area (Å²) in [7, 11) is 0. The average molecular weight is 332 g/mol. The van der Waals surface area contributed by atoms with E-state index in [1.807, 2.05) is 12.1 Å². The minimum atomic E-state index is -0.306. The lowest BCUT2D eigenvalue weighted by atomic mass is 10.2. The van der Waals surface area contributed by atoms with Crippen LogP contribution in [0.1, 0.15) is 25.3 Å². The fourth-order valence-electron chi connectivity index (χ4n) is 2.10. The highest BCUT2D eigenvalue weighted by Gasteiger charge is 2.16. The summed E-state index contributed by atoms with van der Waals surface area (Å²) in [5.41, 5.74) is 1.65. The highest BCUT2D eigenvalue weighted by Crippen LogP contribution is 2.19. The number of amides is 1. The molecule has 0 saturated carbocycles. The fraction of sp³-hybridized carbons (Fsp3) is 0.333. The van der Waals surface area contributed by atoms with Crippen molar-refractivity contribution in [2.45, 2.75) is 26.3 Å². The number of hydrogen-bond acceptors (Lipinski definition) is 3. The number of carbonyl (C=O) groups excluding carboxylic acids is 1. The molecular formula is C18H21FN2OS. The predicted octanol–water partition coefficient (Wildman–Crippen LogP) is 4.29. The Morgan fingerprint density at radius 3 is 2.70 bits per heavy atom. The van der Waals surface area contributed by atoms with E-state index in [-0.39, 0.29) is 11.7 Å². The van der Waals surface area contributed by atoms with Gasteiger partial charge >= 0.3 is 0 Å². The third-order valence-corrected chi connectivity index (χ3v) is 4.40. The van der Waals surface area contributed by atoms with Gasteiger partial charge in [-0.1, -0.05) is 19.4 Å². The van der Waals surface area contributed by atoms with Crippen LogP contribution in [0.5, 0.6) is 0 Å². The van der Waals surface area contributed by atoms with E-state index in [0.717, 1.165) is 24.2 Å². The van der Waals surface area contributed by atoms with Crippen molar-refractivity contribution in [2.24, 2.45) is 0 Å². The highest BCUT2D eigenvalue weighted by molar-refractivity contribution is 7.99. The molecule has 1 heterocycles. The predicted molar refractivity (Wildman–Crippen MR) is 94.1 cm³/mol. The van der Waals surface area contributed by atoms with Crippen LogP contribution in [-0.4, -0.2) is 22.4 Å². The van der Waals surface area contributed by atoms with E-state index in [0.29, 0.717) is 18.0 Å². The molecule has 0 spiro atoms. The number of halogens is 1. The maximum Gasteiger partial charge on any atom is 0.237 e. The lowest BCUT2D eigenvalue weighted by Gasteiger charge is -2.23. The number of pyridine rings is 1. The van der Waals surface area contributed by atoms with Crippen molar-refractivity contribution in [1.29, 1.82) is 0 Å². The lowest BCUT2D eigenvalue weighted by Crippen LogP contribution is -2.32. The number of benzene rings is 1. The summed E-state index contributed by atoms with van der Waals surface area (Å²) in [6.07, 6.45) is 5.68. The molecule has 0 atom stereocenters. The van der Waals surface area contributed by atoms with Gasteiger partial charge in [-0.15, -0.1) is 0 Å². The lowest BCUT2D eigenvalue weighted by molar-refractivity contribution is -0.116. The van der Waals surface area contributed by atoms with E-state index in [1.165, 1.54) is 12.1 Å². The minimum absolute atomic E-state index is 0.0292. The second-order valence-electron chi connectivity index (χ2n) is 5.22. The zero-order valence-corrected chi connectivity index (χ0v) is 14.1. The number of anilines is 1. The molecule has 1 aromatic heterocycles. The van der Waals surface area contributed by atoms with Crippen molar-refractivity contribution < 1.29 is 9.18 Å². The number of hydrogen-bond donors (Lipinski definition) is 0. The molecule has 0 N–H and O–H groups in total. The van der Waals surface area contributed by atoms with Gasteiger partial charge in [0.2, 0.25) is 5.91 Å². The molecule has 2 rings (SSSR count). The third-order valence-electron chi connectivity index (χ3n) is 3.37. The Bertz CT molecular complexity index is 604. The Kier molecular flexibility index (Phi) is 7.07. The van der Waals surface area contributed by atoms with E-state index >= 15 is 0 Å². The topological polar surface area (TPSA) is 33.2 Å². The number of rotatable bonds is 8. The van der Waals surface area contributed by atoms with E-state index in [4.69, 9.17) is 0 Å². The van der Waals surface area contributed by atoms with Gasteiger partial charge in [0.15, 0.2) is 0 Å². The van der Waals surface area contributed by atoms with E-state index in [1.54, 1.807) is 41.2 Å². The number of thioether (sulfide) groups is 1. The summed E-state index contributed by atoms with van der Waals surface area (Å²) in [5, 5.41) is 0. The molecule has 23 heavy (non-hydrogen) atoms. The first kappa shape index (κ1) is 17.5. The SMILES string of the molecule is CCCCSCC(=O)N(Cc1cccnc1)c1ccc(F)cc1. The quantitative estimate of drug-likeness (QED) is 0.676. The van der Waals surface area contributed by atoms with Crippen LogP contribution in [0.2, 0.25) is 0 Å². The molecule has 5 heteroatoms. The van der Waals surface area contributed by atoms with E-state index in [2.05, 4.69) is 11.9 Å². The second kappa shape index (κ2) is 9.30. The molecular weight excluding hydrogens is 311 g/mol. The largest absolute Gasteiger partial charge is 0.307 e. The summed E-state index contributed by atoms with van der Waals surface area (Å²) in [4.78, 5) is 18.4. The molecule has 2 aromatic rings. The zero-order chi connectivity index (χ0) is 16.5. The first-order valence-electron chi connectivity index (χ1n) is 7.73. The summed E-state index contributed by atoms with van der Waals surface area (Å²) in [6, 6.07) is 9.81. The molecule has 1 aromatic carbocycles. The van der Waals surface area contributed by atoms with Gasteiger partial charge in [0, 0.05) is 18.1 Å². The van der Waals surface area contributed by atoms with Gasteiger partial charge < -0.3 is 4.90 Å². The van der Waals surface area contributed by atoms with Crippen molar-refractivity contribution in [1.82, 2.24) is 4.98 Å². The Morgan fingerprint density at radius 1 is 1.26 bits per heavy atom. The van der Waals surface area contributed by atoms with Crippen LogP contribution in [-0.2, 0) is 11.3 Å². The molecule has 0 fully saturated rings. The monoisotopic (exact) mass is 332 g/mol. The molecule has 1 amide bonds. The summed E-state index contributed by atoms with van der Waals surface area (Å²) in [5.74, 6) is 1.13. The number of nitrogens with zero attached hydrogens (tertiary/aromatic N) is 2. The number of carbonyl (C=O) groups is 1. The van der Waals surface area contributed by atoms with Crippen LogP contribution in [0.25, 0.3) is 0 Å². The number of unbranched alkanes of at least 4 members (excludes halogenated alkanes) is 1. The van der Waals surface area contributed by atoms with Crippen molar-refractivity contribution in [2.75, 3.05) is 16.4 Å². The van der Waals surface area contributed by atoms with Crippen LogP contribution >= 0.6 is 11.8 Å². The van der Waals surface area contributed by atoms with E-state index in [9.17, 15) is 9.18 Å². The maximum atomic E-state index is 13.1. The van der Waals surface area contributed by atoms with Crippen molar-refractivity contribution in [3.63, 3.8) is 0 Å². The second-order valence-corrected chi connectivity index (χ2v) is 6.33. The van der Waals surface area contributed by atoms with Gasteiger partial charge in [0.05, 0.1) is 12.3 Å². The summed E-state index contributed by atoms with van der Waals surface area (Å²) < 4.78 is 13.1. The third kappa shape index (κ3) is 5.67. The Morgan fingerprint density at radius 2 is 2.04 bits per heavy atom. The van der Waals surface area contributed by atoms with Crippen LogP contribution in [0.3, 0.4) is 0 Å². The number of aromatic nitrogens is 1. The molecule has 0 aliphatic carbocycles.